The van der Waals surface area contributed by atoms with Gasteiger partial charge in [-0.05, 0) is 81.3 Å². The summed E-state index contributed by atoms with van der Waals surface area (Å²) in [5, 5.41) is 0. The van der Waals surface area contributed by atoms with E-state index in [0.29, 0.717) is 26.1 Å². The maximum atomic E-state index is 13.2. The minimum absolute atomic E-state index is 0.0340. The van der Waals surface area contributed by atoms with E-state index in [1.54, 1.807) is 0 Å². The molecule has 0 aromatic heterocycles. The van der Waals surface area contributed by atoms with Crippen molar-refractivity contribution in [2.24, 2.45) is 17.8 Å². The third kappa shape index (κ3) is 22.6. The summed E-state index contributed by atoms with van der Waals surface area (Å²) in [5.74, 6) is 0.494. The van der Waals surface area contributed by atoms with Crippen molar-refractivity contribution in [2.45, 2.75) is 174 Å². The molecule has 2 aliphatic rings. The Labute approximate surface area is 314 Å². The summed E-state index contributed by atoms with van der Waals surface area (Å²) in [6.45, 7) is 15.2. The van der Waals surface area contributed by atoms with Crippen molar-refractivity contribution < 1.29 is 19.1 Å². The molecular weight excluding hydrogens is 633 g/mol. The Hall–Kier alpha value is -2.06. The van der Waals surface area contributed by atoms with Crippen LogP contribution in [0.4, 0.5) is 0 Å². The molecule has 0 aromatic carbocycles. The van der Waals surface area contributed by atoms with Crippen LogP contribution in [0.1, 0.15) is 174 Å². The Kier molecular flexibility index (Phi) is 26.9. The number of cyclic esters (lactones) is 2. The molecule has 2 saturated heterocycles. The number of carbonyl (C=O) groups excluding carboxylic acids is 2. The molecule has 0 aromatic rings. The predicted octanol–water partition coefficient (Wildman–Crippen LogP) is 11.0. The molecular formula is C45H78N2O4. The smallest absolute Gasteiger partial charge is 0.306 e. The largest absolute Gasteiger partial charge is 0.466 e. The van der Waals surface area contributed by atoms with Gasteiger partial charge in [-0.25, -0.2) is 0 Å². The van der Waals surface area contributed by atoms with Crippen LogP contribution in [0.2, 0.25) is 0 Å². The average Bonchev–Trinajstić information content (AvgIpc) is 3.12. The van der Waals surface area contributed by atoms with Crippen LogP contribution in [0.3, 0.4) is 0 Å². The topological polar surface area (TPSA) is 59.1 Å². The van der Waals surface area contributed by atoms with Crippen molar-refractivity contribution in [3.63, 3.8) is 0 Å². The number of carbonyl (C=O) groups is 2. The molecule has 0 saturated carbocycles. The standard InChI is InChI=1S/C45H78N2O4/c1-5-8-19-27-41-38-44(48)50-36-23-17-13-11-15-21-25-40(30-31-47-34-32-46(4)33-35-47)26-22-16-12-14-18-24-37-51-45(49)39-42(28-20-9-6-2)43(41)29-10-7-3/h40-42H,3,5-6,8-9,11-28,30-39H2,1-2,4H3. The van der Waals surface area contributed by atoms with Crippen LogP contribution in [0.5, 0.6) is 0 Å². The van der Waals surface area contributed by atoms with E-state index < -0.39 is 0 Å². The second-order valence-corrected chi connectivity index (χ2v) is 15.7. The van der Waals surface area contributed by atoms with Gasteiger partial charge in [-0.3, -0.25) is 9.59 Å². The van der Waals surface area contributed by atoms with Crippen molar-refractivity contribution in [3.8, 4) is 0 Å². The zero-order valence-corrected chi connectivity index (χ0v) is 33.6. The highest BCUT2D eigenvalue weighted by molar-refractivity contribution is 5.71. The lowest BCUT2D eigenvalue weighted by Gasteiger charge is -2.33. The lowest BCUT2D eigenvalue weighted by molar-refractivity contribution is -0.145. The van der Waals surface area contributed by atoms with E-state index in [1.165, 1.54) is 103 Å². The van der Waals surface area contributed by atoms with Gasteiger partial charge in [0.15, 0.2) is 0 Å². The molecule has 0 N–H and O–H groups in total. The molecule has 2 heterocycles. The van der Waals surface area contributed by atoms with Crippen LogP contribution in [0, 0.1) is 17.8 Å². The number of likely N-dealkylation sites (N-methyl/N-ethyl adjacent to an activating group) is 1. The Balaban J connectivity index is 2.05. The van der Waals surface area contributed by atoms with Crippen LogP contribution < -0.4 is 0 Å². The van der Waals surface area contributed by atoms with E-state index in [4.69, 9.17) is 9.47 Å². The maximum Gasteiger partial charge on any atom is 0.306 e. The quantitative estimate of drug-likeness (QED) is 0.121. The highest BCUT2D eigenvalue weighted by atomic mass is 16.5. The minimum atomic E-state index is -0.141. The summed E-state index contributed by atoms with van der Waals surface area (Å²) in [5.41, 5.74) is 10.0. The summed E-state index contributed by atoms with van der Waals surface area (Å²) in [7, 11) is 2.24. The normalized spacial score (nSPS) is 24.5. The Morgan fingerprint density at radius 3 is 1.59 bits per heavy atom. The van der Waals surface area contributed by atoms with Gasteiger partial charge >= 0.3 is 11.9 Å². The van der Waals surface area contributed by atoms with Crippen molar-refractivity contribution in [2.75, 3.05) is 53.0 Å². The Morgan fingerprint density at radius 1 is 0.647 bits per heavy atom. The minimum Gasteiger partial charge on any atom is -0.466 e. The van der Waals surface area contributed by atoms with Crippen molar-refractivity contribution in [3.05, 3.63) is 29.3 Å². The molecule has 6 heteroatoms. The first-order valence-electron chi connectivity index (χ1n) is 21.6. The van der Waals surface area contributed by atoms with Gasteiger partial charge in [-0.15, -0.1) is 0 Å². The molecule has 6 nitrogen and oxygen atoms in total. The van der Waals surface area contributed by atoms with Crippen molar-refractivity contribution in [1.82, 2.24) is 9.80 Å². The first-order chi connectivity index (χ1) is 25.0. The number of hydrogen-bond acceptors (Lipinski definition) is 6. The maximum absolute atomic E-state index is 13.2. The predicted molar refractivity (Wildman–Crippen MR) is 213 cm³/mol. The van der Waals surface area contributed by atoms with Crippen LogP contribution in [-0.4, -0.2) is 74.7 Å². The number of esters is 2. The number of hydrogen-bond donors (Lipinski definition) is 0. The van der Waals surface area contributed by atoms with Gasteiger partial charge in [-0.2, -0.15) is 0 Å². The fourth-order valence-corrected chi connectivity index (χ4v) is 7.92. The highest BCUT2D eigenvalue weighted by Gasteiger charge is 2.28. The Bertz CT molecular complexity index is 979. The molecule has 292 valence electrons. The van der Waals surface area contributed by atoms with Crippen LogP contribution in [-0.2, 0) is 19.1 Å². The molecule has 2 aliphatic heterocycles. The number of nitrogens with zero attached hydrogens (tertiary/aromatic N) is 2. The SMILES string of the molecule is C=C=C=C=C1C(CCCCC)CC(=O)OCCCCCCCCC(CCN2CCN(C)CC2)CCCCCCCCOC(=O)CC1CCCCC. The van der Waals surface area contributed by atoms with Gasteiger partial charge in [0.1, 0.15) is 0 Å². The third-order valence-corrected chi connectivity index (χ3v) is 11.3. The average molecular weight is 711 g/mol. The Morgan fingerprint density at radius 2 is 1.12 bits per heavy atom. The second-order valence-electron chi connectivity index (χ2n) is 15.7. The van der Waals surface area contributed by atoms with E-state index in [-0.39, 0.29) is 23.8 Å². The zero-order valence-electron chi connectivity index (χ0n) is 33.6. The van der Waals surface area contributed by atoms with E-state index in [9.17, 15) is 9.59 Å². The third-order valence-electron chi connectivity index (χ3n) is 11.3. The number of allylic oxidation sites excluding steroid dienone is 1. The molecule has 51 heavy (non-hydrogen) atoms. The lowest BCUT2D eigenvalue weighted by Crippen LogP contribution is -2.44. The van der Waals surface area contributed by atoms with Crippen LogP contribution in [0.25, 0.3) is 0 Å². The summed E-state index contributed by atoms with van der Waals surface area (Å²) in [6.07, 6.45) is 27.3. The second kappa shape index (κ2) is 30.4. The summed E-state index contributed by atoms with van der Waals surface area (Å²) in [6, 6.07) is 0. The molecule has 0 spiro atoms. The van der Waals surface area contributed by atoms with E-state index in [0.717, 1.165) is 88.5 Å². The zero-order chi connectivity index (χ0) is 36.8. The van der Waals surface area contributed by atoms with Gasteiger partial charge in [0, 0.05) is 26.2 Å². The summed E-state index contributed by atoms with van der Waals surface area (Å²) >= 11 is 0. The number of rotatable bonds is 11. The molecule has 2 atom stereocenters. The number of piperazine rings is 1. The van der Waals surface area contributed by atoms with E-state index in [2.05, 4.69) is 54.5 Å². The van der Waals surface area contributed by atoms with Crippen LogP contribution >= 0.6 is 0 Å². The molecule has 0 radical (unpaired) electrons. The highest BCUT2D eigenvalue weighted by Crippen LogP contribution is 2.34. The molecule has 2 fully saturated rings. The van der Waals surface area contributed by atoms with Crippen LogP contribution in [0.15, 0.2) is 29.3 Å². The van der Waals surface area contributed by atoms with E-state index >= 15 is 0 Å². The fourth-order valence-electron chi connectivity index (χ4n) is 7.92. The number of ether oxygens (including phenoxy) is 2. The molecule has 0 amide bonds. The summed E-state index contributed by atoms with van der Waals surface area (Å²) in [4.78, 5) is 31.6. The number of unbranched alkanes of at least 4 members (excludes halogenated alkanes) is 4. The van der Waals surface area contributed by atoms with Gasteiger partial charge in [0.2, 0.25) is 0 Å². The van der Waals surface area contributed by atoms with Gasteiger partial charge in [0.05, 0.1) is 26.1 Å². The molecule has 2 unspecified atom stereocenters. The lowest BCUT2D eigenvalue weighted by atomic mass is 9.79. The van der Waals surface area contributed by atoms with E-state index in [1.807, 2.05) is 0 Å². The molecule has 2 rings (SSSR count). The first kappa shape index (κ1) is 45.1. The monoisotopic (exact) mass is 711 g/mol. The van der Waals surface area contributed by atoms with Gasteiger partial charge in [-0.1, -0.05) is 141 Å². The first-order valence-corrected chi connectivity index (χ1v) is 21.6. The van der Waals surface area contributed by atoms with Gasteiger partial charge in [0.25, 0.3) is 0 Å². The van der Waals surface area contributed by atoms with Crippen molar-refractivity contribution >= 4 is 11.9 Å². The fraction of sp³-hybridized carbons (Fsp3) is 0.844. The molecule has 0 bridgehead atoms. The van der Waals surface area contributed by atoms with Crippen molar-refractivity contribution in [1.29, 1.82) is 0 Å². The summed E-state index contributed by atoms with van der Waals surface area (Å²) < 4.78 is 11.6. The van der Waals surface area contributed by atoms with Gasteiger partial charge < -0.3 is 19.3 Å². The molecule has 0 aliphatic carbocycles.